The van der Waals surface area contributed by atoms with E-state index in [4.69, 9.17) is 21.6 Å². The molecule has 0 saturated heterocycles. The highest BCUT2D eigenvalue weighted by Crippen LogP contribution is 2.26. The van der Waals surface area contributed by atoms with Crippen LogP contribution >= 0.6 is 11.6 Å². The largest absolute Gasteiger partial charge is 0.361 e. The van der Waals surface area contributed by atoms with Gasteiger partial charge in [0, 0.05) is 32.5 Å². The van der Waals surface area contributed by atoms with E-state index in [1.54, 1.807) is 0 Å². The molecular formula is C14H18ClN3OSi. The molecule has 2 aromatic rings. The second-order valence-corrected chi connectivity index (χ2v) is 12.0. The summed E-state index contributed by atoms with van der Waals surface area (Å²) in [5.74, 6) is 0. The molecule has 20 heavy (non-hydrogen) atoms. The minimum Gasteiger partial charge on any atom is -0.361 e. The summed E-state index contributed by atoms with van der Waals surface area (Å²) in [7, 11) is -1.06. The van der Waals surface area contributed by atoms with Crippen molar-refractivity contribution in [1.29, 1.82) is 5.26 Å². The van der Waals surface area contributed by atoms with Gasteiger partial charge >= 0.3 is 0 Å². The number of halogens is 1. The van der Waals surface area contributed by atoms with E-state index < -0.39 is 8.07 Å². The molecule has 0 atom stereocenters. The lowest BCUT2D eigenvalue weighted by molar-refractivity contribution is 0.0899. The summed E-state index contributed by atoms with van der Waals surface area (Å²) in [4.78, 5) is 4.28. The molecular weight excluding hydrogens is 290 g/mol. The third kappa shape index (κ3) is 3.40. The SMILES string of the molecule is C[Si](C)(C)CCOCn1ccc2c(Cl)c(C#N)cnc21. The molecule has 0 radical (unpaired) electrons. The van der Waals surface area contributed by atoms with Gasteiger partial charge in [-0.1, -0.05) is 31.2 Å². The van der Waals surface area contributed by atoms with Crippen molar-refractivity contribution in [2.45, 2.75) is 32.4 Å². The van der Waals surface area contributed by atoms with Gasteiger partial charge in [-0.05, 0) is 12.1 Å². The Labute approximate surface area is 124 Å². The van der Waals surface area contributed by atoms with Crippen LogP contribution < -0.4 is 0 Å². The van der Waals surface area contributed by atoms with Gasteiger partial charge in [0.2, 0.25) is 0 Å². The Balaban J connectivity index is 2.09. The molecule has 106 valence electrons. The number of nitrogens with zero attached hydrogens (tertiary/aromatic N) is 3. The Hall–Kier alpha value is -1.35. The average Bonchev–Trinajstić information content (AvgIpc) is 2.78. The second-order valence-electron chi connectivity index (χ2n) is 5.97. The molecule has 0 spiro atoms. The summed E-state index contributed by atoms with van der Waals surface area (Å²) in [6.45, 7) is 8.20. The maximum Gasteiger partial charge on any atom is 0.143 e. The van der Waals surface area contributed by atoms with Gasteiger partial charge in [-0.25, -0.2) is 4.98 Å². The molecule has 0 fully saturated rings. The zero-order valence-electron chi connectivity index (χ0n) is 12.0. The van der Waals surface area contributed by atoms with Crippen molar-refractivity contribution in [3.8, 4) is 6.07 Å². The fourth-order valence-corrected chi connectivity index (χ4v) is 2.83. The first-order chi connectivity index (χ1) is 9.42. The van der Waals surface area contributed by atoms with E-state index in [0.29, 0.717) is 17.3 Å². The average molecular weight is 308 g/mol. The Morgan fingerprint density at radius 3 is 2.85 bits per heavy atom. The number of pyridine rings is 1. The van der Waals surface area contributed by atoms with Crippen molar-refractivity contribution < 1.29 is 4.74 Å². The highest BCUT2D eigenvalue weighted by atomic mass is 35.5. The molecule has 0 unspecified atom stereocenters. The van der Waals surface area contributed by atoms with Crippen molar-refractivity contribution in [3.63, 3.8) is 0 Å². The molecule has 0 bridgehead atoms. The lowest BCUT2D eigenvalue weighted by Gasteiger charge is -2.15. The summed E-state index contributed by atoms with van der Waals surface area (Å²) in [5, 5.41) is 10.2. The number of rotatable bonds is 5. The van der Waals surface area contributed by atoms with Gasteiger partial charge in [0.1, 0.15) is 18.4 Å². The predicted octanol–water partition coefficient (Wildman–Crippen LogP) is 3.87. The van der Waals surface area contributed by atoms with Gasteiger partial charge in [0.15, 0.2) is 0 Å². The van der Waals surface area contributed by atoms with Gasteiger partial charge in [0.25, 0.3) is 0 Å². The minimum atomic E-state index is -1.06. The molecule has 0 aliphatic carbocycles. The van der Waals surface area contributed by atoms with E-state index in [2.05, 4.69) is 24.6 Å². The van der Waals surface area contributed by atoms with Crippen molar-refractivity contribution in [3.05, 3.63) is 29.0 Å². The molecule has 2 heterocycles. The minimum absolute atomic E-state index is 0.400. The maximum atomic E-state index is 8.93. The van der Waals surface area contributed by atoms with Gasteiger partial charge in [-0.2, -0.15) is 5.26 Å². The van der Waals surface area contributed by atoms with Gasteiger partial charge in [-0.3, -0.25) is 0 Å². The number of fused-ring (bicyclic) bond motifs is 1. The molecule has 0 aliphatic heterocycles. The van der Waals surface area contributed by atoms with Crippen LogP contribution in [-0.4, -0.2) is 24.2 Å². The molecule has 2 aromatic heterocycles. The number of nitriles is 1. The van der Waals surface area contributed by atoms with Crippen LogP contribution in [0.1, 0.15) is 5.56 Å². The Morgan fingerprint density at radius 1 is 1.45 bits per heavy atom. The second kappa shape index (κ2) is 5.96. The number of hydrogen-bond donors (Lipinski definition) is 0. The van der Waals surface area contributed by atoms with Gasteiger partial charge < -0.3 is 9.30 Å². The fraction of sp³-hybridized carbons (Fsp3) is 0.429. The third-order valence-electron chi connectivity index (χ3n) is 3.07. The van der Waals surface area contributed by atoms with Gasteiger partial charge in [-0.15, -0.1) is 0 Å². The van der Waals surface area contributed by atoms with Crippen LogP contribution in [0.25, 0.3) is 11.0 Å². The first-order valence-corrected chi connectivity index (χ1v) is 10.6. The predicted molar refractivity (Wildman–Crippen MR) is 83.6 cm³/mol. The van der Waals surface area contributed by atoms with Crippen LogP contribution in [0.5, 0.6) is 0 Å². The summed E-state index contributed by atoms with van der Waals surface area (Å²) in [6.07, 6.45) is 3.39. The maximum absolute atomic E-state index is 8.93. The van der Waals surface area contributed by atoms with E-state index in [1.807, 2.05) is 22.9 Å². The Kier molecular flexibility index (Phi) is 4.48. The van der Waals surface area contributed by atoms with Crippen molar-refractivity contribution in [2.24, 2.45) is 0 Å². The highest BCUT2D eigenvalue weighted by Gasteiger charge is 2.13. The smallest absolute Gasteiger partial charge is 0.143 e. The summed E-state index contributed by atoms with van der Waals surface area (Å²) in [5.41, 5.74) is 1.15. The molecule has 0 aromatic carbocycles. The van der Waals surface area contributed by atoms with Crippen LogP contribution in [0, 0.1) is 11.3 Å². The molecule has 4 nitrogen and oxygen atoms in total. The van der Waals surface area contributed by atoms with E-state index in [1.165, 1.54) is 6.20 Å². The number of ether oxygens (including phenoxy) is 1. The van der Waals surface area contributed by atoms with Crippen LogP contribution in [0.2, 0.25) is 30.7 Å². The highest BCUT2D eigenvalue weighted by molar-refractivity contribution is 6.76. The topological polar surface area (TPSA) is 50.8 Å². The normalized spacial score (nSPS) is 11.8. The monoisotopic (exact) mass is 307 g/mol. The summed E-state index contributed by atoms with van der Waals surface area (Å²) in [6, 6.07) is 5.04. The molecule has 6 heteroatoms. The van der Waals surface area contributed by atoms with E-state index >= 15 is 0 Å². The van der Waals surface area contributed by atoms with Crippen molar-refractivity contribution >= 4 is 30.7 Å². The first kappa shape index (κ1) is 15.0. The van der Waals surface area contributed by atoms with Crippen LogP contribution in [0.15, 0.2) is 18.5 Å². The van der Waals surface area contributed by atoms with E-state index in [0.717, 1.165) is 23.7 Å². The zero-order valence-corrected chi connectivity index (χ0v) is 13.7. The standard InChI is InChI=1S/C14H18ClN3OSi/c1-20(2,3)7-6-19-10-18-5-4-12-13(15)11(8-16)9-17-14(12)18/h4-5,9H,6-7,10H2,1-3H3. The van der Waals surface area contributed by atoms with Crippen molar-refractivity contribution in [1.82, 2.24) is 9.55 Å². The van der Waals surface area contributed by atoms with E-state index in [9.17, 15) is 0 Å². The quantitative estimate of drug-likeness (QED) is 0.622. The zero-order chi connectivity index (χ0) is 14.8. The van der Waals surface area contributed by atoms with Crippen molar-refractivity contribution in [2.75, 3.05) is 6.61 Å². The Bertz CT molecular complexity index is 655. The van der Waals surface area contributed by atoms with E-state index in [-0.39, 0.29) is 0 Å². The third-order valence-corrected chi connectivity index (χ3v) is 5.18. The molecule has 0 amide bonds. The van der Waals surface area contributed by atoms with Crippen LogP contribution in [-0.2, 0) is 11.5 Å². The Morgan fingerprint density at radius 2 is 2.20 bits per heavy atom. The number of hydrogen-bond acceptors (Lipinski definition) is 3. The lowest BCUT2D eigenvalue weighted by atomic mass is 10.2. The summed E-state index contributed by atoms with van der Waals surface area (Å²) < 4.78 is 7.62. The summed E-state index contributed by atoms with van der Waals surface area (Å²) >= 11 is 6.17. The first-order valence-electron chi connectivity index (χ1n) is 6.53. The number of aromatic nitrogens is 2. The molecule has 0 saturated carbocycles. The van der Waals surface area contributed by atoms with Crippen LogP contribution in [0.4, 0.5) is 0 Å². The molecule has 0 aliphatic rings. The lowest BCUT2D eigenvalue weighted by Crippen LogP contribution is -2.22. The van der Waals surface area contributed by atoms with Crippen LogP contribution in [0.3, 0.4) is 0 Å². The molecule has 0 N–H and O–H groups in total. The molecule has 2 rings (SSSR count). The van der Waals surface area contributed by atoms with Gasteiger partial charge in [0.05, 0.1) is 10.6 Å². The fourth-order valence-electron chi connectivity index (χ4n) is 1.83.